The molecule has 7 heteroatoms. The van der Waals surface area contributed by atoms with Gasteiger partial charge in [0.25, 0.3) is 11.6 Å². The second kappa shape index (κ2) is 6.88. The van der Waals surface area contributed by atoms with Crippen LogP contribution in [0, 0.1) is 5.82 Å². The van der Waals surface area contributed by atoms with Gasteiger partial charge in [-0.3, -0.25) is 0 Å². The molecule has 28 heavy (non-hydrogen) atoms. The van der Waals surface area contributed by atoms with Gasteiger partial charge in [0.2, 0.25) is 0 Å². The lowest BCUT2D eigenvalue weighted by molar-refractivity contribution is -0.658. The van der Waals surface area contributed by atoms with E-state index in [1.807, 2.05) is 4.58 Å². The molecular formula is C21H21F4N2O+. The number of nitrogens with zero attached hydrogens (tertiary/aromatic N) is 2. The number of rotatable bonds is 2. The van der Waals surface area contributed by atoms with Crippen LogP contribution in [0.4, 0.5) is 23.2 Å². The van der Waals surface area contributed by atoms with Gasteiger partial charge in [0.05, 0.1) is 12.1 Å². The topological polar surface area (TPSA) is 26.5 Å². The van der Waals surface area contributed by atoms with Gasteiger partial charge < -0.3 is 5.11 Å². The molecule has 2 aromatic carbocycles. The predicted molar refractivity (Wildman–Crippen MR) is 97.7 cm³/mol. The first-order valence-corrected chi connectivity index (χ1v) is 9.36. The van der Waals surface area contributed by atoms with Crippen molar-refractivity contribution in [3.8, 4) is 0 Å². The number of alkyl halides is 3. The average Bonchev–Trinajstić information content (AvgIpc) is 2.82. The molecule has 1 atom stereocenters. The number of hydrogen-bond acceptors (Lipinski definition) is 2. The summed E-state index contributed by atoms with van der Waals surface area (Å²) in [5.41, 5.74) is -1.21. The Balaban J connectivity index is 1.80. The molecule has 0 spiro atoms. The van der Waals surface area contributed by atoms with Crippen LogP contribution in [-0.2, 0) is 11.9 Å². The molecular weight excluding hydrogens is 372 g/mol. The maximum absolute atomic E-state index is 13.4. The van der Waals surface area contributed by atoms with Crippen LogP contribution in [0.15, 0.2) is 48.5 Å². The number of halogens is 4. The summed E-state index contributed by atoms with van der Waals surface area (Å²) in [5.74, 6) is 0.406. The Morgan fingerprint density at radius 1 is 1.00 bits per heavy atom. The molecule has 2 aliphatic heterocycles. The first-order chi connectivity index (χ1) is 13.3. The highest BCUT2D eigenvalue weighted by atomic mass is 19.4. The monoisotopic (exact) mass is 393 g/mol. The van der Waals surface area contributed by atoms with Gasteiger partial charge in [-0.05, 0) is 61.7 Å². The number of β-amino-alcohol motifs (C(OH)–C–C–N with tert-alkyl or cyclic N) is 1. The van der Waals surface area contributed by atoms with Crippen molar-refractivity contribution in [2.24, 2.45) is 0 Å². The van der Waals surface area contributed by atoms with E-state index in [2.05, 4.69) is 0 Å². The summed E-state index contributed by atoms with van der Waals surface area (Å²) in [6.45, 7) is 0.688. The molecule has 0 saturated carbocycles. The summed E-state index contributed by atoms with van der Waals surface area (Å²) in [5, 5.41) is 11.6. The fourth-order valence-electron chi connectivity index (χ4n) is 4.12. The van der Waals surface area contributed by atoms with E-state index in [0.29, 0.717) is 24.2 Å². The average molecular weight is 393 g/mol. The highest BCUT2D eigenvalue weighted by Crippen LogP contribution is 2.37. The number of anilines is 1. The van der Waals surface area contributed by atoms with Crippen molar-refractivity contribution in [2.75, 3.05) is 18.0 Å². The lowest BCUT2D eigenvalue weighted by atomic mass is 10.0. The third-order valence-corrected chi connectivity index (χ3v) is 5.52. The molecule has 2 aromatic rings. The van der Waals surface area contributed by atoms with Crippen LogP contribution in [0.2, 0.25) is 0 Å². The highest BCUT2D eigenvalue weighted by molar-refractivity contribution is 5.96. The Labute approximate surface area is 160 Å². The summed E-state index contributed by atoms with van der Waals surface area (Å²) in [6.07, 6.45) is -1.00. The van der Waals surface area contributed by atoms with Gasteiger partial charge in [-0.25, -0.2) is 13.9 Å². The molecule has 4 rings (SSSR count). The Morgan fingerprint density at radius 2 is 1.75 bits per heavy atom. The van der Waals surface area contributed by atoms with Crippen LogP contribution in [0.25, 0.3) is 0 Å². The molecule has 148 valence electrons. The fraction of sp³-hybridized carbons (Fsp3) is 0.381. The summed E-state index contributed by atoms with van der Waals surface area (Å²) in [7, 11) is 0. The highest BCUT2D eigenvalue weighted by Gasteiger charge is 2.52. The van der Waals surface area contributed by atoms with Crippen LogP contribution in [0.1, 0.15) is 36.8 Å². The Morgan fingerprint density at radius 3 is 2.46 bits per heavy atom. The van der Waals surface area contributed by atoms with Crippen LogP contribution < -0.4 is 4.90 Å². The Hall–Kier alpha value is -2.41. The second-order valence-corrected chi connectivity index (χ2v) is 7.34. The van der Waals surface area contributed by atoms with Crippen LogP contribution >= 0.6 is 0 Å². The van der Waals surface area contributed by atoms with Crippen molar-refractivity contribution in [3.05, 3.63) is 65.5 Å². The van der Waals surface area contributed by atoms with E-state index in [0.717, 1.165) is 37.2 Å². The molecule has 0 radical (unpaired) electrons. The van der Waals surface area contributed by atoms with Crippen molar-refractivity contribution in [1.82, 2.24) is 0 Å². The first-order valence-electron chi connectivity index (χ1n) is 9.36. The van der Waals surface area contributed by atoms with Crippen LogP contribution in [0.5, 0.6) is 0 Å². The van der Waals surface area contributed by atoms with Crippen LogP contribution in [-0.4, -0.2) is 28.6 Å². The second-order valence-electron chi connectivity index (χ2n) is 7.34. The molecule has 0 amide bonds. The van der Waals surface area contributed by atoms with E-state index >= 15 is 0 Å². The molecule has 0 aromatic heterocycles. The van der Waals surface area contributed by atoms with Crippen molar-refractivity contribution in [3.63, 3.8) is 0 Å². The van der Waals surface area contributed by atoms with Gasteiger partial charge in [-0.2, -0.15) is 13.2 Å². The lowest BCUT2D eigenvalue weighted by Crippen LogP contribution is -2.41. The molecule has 2 aliphatic rings. The predicted octanol–water partition coefficient (Wildman–Crippen LogP) is 4.49. The molecule has 0 bridgehead atoms. The maximum atomic E-state index is 13.4. The van der Waals surface area contributed by atoms with Crippen molar-refractivity contribution < 1.29 is 27.2 Å². The van der Waals surface area contributed by atoms with E-state index in [4.69, 9.17) is 0 Å². The molecule has 0 fully saturated rings. The van der Waals surface area contributed by atoms with E-state index in [9.17, 15) is 22.7 Å². The Kier molecular flexibility index (Phi) is 4.65. The van der Waals surface area contributed by atoms with E-state index in [-0.39, 0.29) is 6.54 Å². The zero-order chi connectivity index (χ0) is 19.9. The van der Waals surface area contributed by atoms with Crippen molar-refractivity contribution in [1.29, 1.82) is 0 Å². The minimum atomic E-state index is -4.43. The Bertz CT molecular complexity index is 907. The summed E-state index contributed by atoms with van der Waals surface area (Å²) in [4.78, 5) is 1.77. The largest absolute Gasteiger partial charge is 0.416 e. The first kappa shape index (κ1) is 18.9. The molecule has 1 N–H and O–H groups in total. The van der Waals surface area contributed by atoms with Gasteiger partial charge in [0, 0.05) is 12.0 Å². The van der Waals surface area contributed by atoms with E-state index in [1.165, 1.54) is 30.3 Å². The molecule has 0 unspecified atom stereocenters. The SMILES string of the molecule is O[C@@]1(c2ccc(F)cc2)CN(c2cccc(C(F)(F)F)c2)C2=[N+]1CCCCC2. The van der Waals surface area contributed by atoms with E-state index < -0.39 is 23.3 Å². The van der Waals surface area contributed by atoms with Crippen molar-refractivity contribution in [2.45, 2.75) is 37.6 Å². The zero-order valence-electron chi connectivity index (χ0n) is 15.2. The van der Waals surface area contributed by atoms with Gasteiger partial charge in [0.15, 0.2) is 6.54 Å². The van der Waals surface area contributed by atoms with Crippen molar-refractivity contribution >= 4 is 11.5 Å². The number of hydrogen-bond donors (Lipinski definition) is 1. The standard InChI is InChI=1S/C21H21F4N2O/c22-17-10-8-15(9-11-17)20(28)14-26(19-7-2-1-3-12-27(19)20)18-6-4-5-16(13-18)21(23,24)25/h4-6,8-11,13,28H,1-3,7,12,14H2/q+1/t20-/m1/s1. The normalized spacial score (nSPS) is 23.0. The minimum absolute atomic E-state index is 0.0925. The van der Waals surface area contributed by atoms with Gasteiger partial charge in [-0.15, -0.1) is 0 Å². The summed E-state index contributed by atoms with van der Waals surface area (Å²) >= 11 is 0. The quantitative estimate of drug-likeness (QED) is 0.601. The van der Waals surface area contributed by atoms with Gasteiger partial charge in [-0.1, -0.05) is 6.07 Å². The number of aliphatic hydroxyl groups is 1. The third kappa shape index (κ3) is 3.28. The smallest absolute Gasteiger partial charge is 0.346 e. The maximum Gasteiger partial charge on any atom is 0.416 e. The third-order valence-electron chi connectivity index (χ3n) is 5.52. The number of amidine groups is 1. The minimum Gasteiger partial charge on any atom is -0.346 e. The molecule has 0 aliphatic carbocycles. The molecule has 0 saturated heterocycles. The number of benzene rings is 2. The molecule has 3 nitrogen and oxygen atoms in total. The lowest BCUT2D eigenvalue weighted by Gasteiger charge is -2.23. The van der Waals surface area contributed by atoms with Gasteiger partial charge in [0.1, 0.15) is 11.5 Å². The zero-order valence-corrected chi connectivity index (χ0v) is 15.2. The molecule has 2 heterocycles. The van der Waals surface area contributed by atoms with Crippen LogP contribution in [0.3, 0.4) is 0 Å². The summed E-state index contributed by atoms with van der Waals surface area (Å²) in [6, 6.07) is 10.8. The van der Waals surface area contributed by atoms with E-state index in [1.54, 1.807) is 11.0 Å². The summed E-state index contributed by atoms with van der Waals surface area (Å²) < 4.78 is 54.8. The fourth-order valence-corrected chi connectivity index (χ4v) is 4.12. The van der Waals surface area contributed by atoms with Gasteiger partial charge >= 0.3 is 6.18 Å².